The summed E-state index contributed by atoms with van der Waals surface area (Å²) in [7, 11) is 0. The molecule has 5 heteroatoms. The van der Waals surface area contributed by atoms with Crippen LogP contribution in [-0.2, 0) is 4.79 Å². The molecule has 0 spiro atoms. The minimum Gasteiger partial charge on any atom is -0.355 e. The fourth-order valence-electron chi connectivity index (χ4n) is 1.95. The summed E-state index contributed by atoms with van der Waals surface area (Å²) in [6, 6.07) is 7.41. The van der Waals surface area contributed by atoms with Crippen molar-refractivity contribution >= 4 is 27.6 Å². The highest BCUT2D eigenvalue weighted by Gasteiger charge is 2.17. The van der Waals surface area contributed by atoms with E-state index in [9.17, 15) is 9.59 Å². The largest absolute Gasteiger partial charge is 0.355 e. The molecule has 96 valence electrons. The monoisotopic (exact) mass is 310 g/mol. The molecule has 1 N–H and O–H groups in total. The number of rotatable bonds is 3. The lowest BCUT2D eigenvalue weighted by Crippen LogP contribution is -2.33. The Bertz CT molecular complexity index is 462. The molecule has 0 unspecified atom stereocenters. The Morgan fingerprint density at radius 2 is 2.11 bits per heavy atom. The lowest BCUT2D eigenvalue weighted by molar-refractivity contribution is -0.120. The highest BCUT2D eigenvalue weighted by atomic mass is 79.9. The smallest absolute Gasteiger partial charge is 0.221 e. The zero-order chi connectivity index (χ0) is 13.0. The van der Waals surface area contributed by atoms with Crippen molar-refractivity contribution in [2.45, 2.75) is 6.42 Å². The van der Waals surface area contributed by atoms with Gasteiger partial charge in [0.15, 0.2) is 5.78 Å². The summed E-state index contributed by atoms with van der Waals surface area (Å²) < 4.78 is 0.819. The molecular formula is C13H15BrN2O2. The molecule has 0 radical (unpaired) electrons. The number of nitrogens with zero attached hydrogens (tertiary/aromatic N) is 1. The van der Waals surface area contributed by atoms with E-state index in [-0.39, 0.29) is 11.7 Å². The fourth-order valence-corrected chi connectivity index (χ4v) is 2.45. The van der Waals surface area contributed by atoms with Gasteiger partial charge in [0.1, 0.15) is 0 Å². The summed E-state index contributed by atoms with van der Waals surface area (Å²) in [5.74, 6) is 0.141. The predicted molar refractivity (Wildman–Crippen MR) is 72.5 cm³/mol. The molecule has 1 heterocycles. The van der Waals surface area contributed by atoms with E-state index in [1.807, 2.05) is 29.2 Å². The highest BCUT2D eigenvalue weighted by molar-refractivity contribution is 9.10. The van der Waals surface area contributed by atoms with Gasteiger partial charge in [-0.25, -0.2) is 0 Å². The second-order valence-corrected chi connectivity index (χ2v) is 5.13. The first-order valence-electron chi connectivity index (χ1n) is 5.93. The summed E-state index contributed by atoms with van der Waals surface area (Å²) >= 11 is 3.38. The van der Waals surface area contributed by atoms with Crippen LogP contribution in [0.25, 0.3) is 0 Å². The van der Waals surface area contributed by atoms with Crippen molar-refractivity contribution in [1.29, 1.82) is 0 Å². The van der Waals surface area contributed by atoms with Crippen LogP contribution in [0.2, 0.25) is 0 Å². The maximum Gasteiger partial charge on any atom is 0.221 e. The average Bonchev–Trinajstić information content (AvgIpc) is 2.55. The number of Topliss-reactive ketones (excluding diaryl/α,β-unsaturated/α-hetero) is 1. The number of amides is 1. The van der Waals surface area contributed by atoms with Crippen LogP contribution < -0.4 is 5.32 Å². The van der Waals surface area contributed by atoms with Gasteiger partial charge < -0.3 is 5.32 Å². The Kier molecular flexibility index (Phi) is 4.49. The van der Waals surface area contributed by atoms with E-state index in [2.05, 4.69) is 21.2 Å². The summed E-state index contributed by atoms with van der Waals surface area (Å²) in [4.78, 5) is 25.4. The third kappa shape index (κ3) is 3.40. The van der Waals surface area contributed by atoms with Gasteiger partial charge in [0.05, 0.1) is 6.54 Å². The summed E-state index contributed by atoms with van der Waals surface area (Å²) in [5, 5.41) is 2.80. The first-order valence-corrected chi connectivity index (χ1v) is 6.73. The van der Waals surface area contributed by atoms with E-state index in [0.29, 0.717) is 31.6 Å². The number of halogens is 1. The van der Waals surface area contributed by atoms with Crippen LogP contribution in [0.4, 0.5) is 0 Å². The third-order valence-electron chi connectivity index (χ3n) is 2.95. The molecule has 18 heavy (non-hydrogen) atoms. The van der Waals surface area contributed by atoms with Crippen molar-refractivity contribution in [3.8, 4) is 0 Å². The van der Waals surface area contributed by atoms with Gasteiger partial charge in [-0.3, -0.25) is 14.5 Å². The average molecular weight is 311 g/mol. The molecule has 4 nitrogen and oxygen atoms in total. The summed E-state index contributed by atoms with van der Waals surface area (Å²) in [5.41, 5.74) is 0.695. The minimum absolute atomic E-state index is 0.0610. The first kappa shape index (κ1) is 13.2. The predicted octanol–water partition coefficient (Wildman–Crippen LogP) is 1.45. The maximum atomic E-state index is 12.2. The van der Waals surface area contributed by atoms with E-state index in [1.165, 1.54) is 0 Å². The van der Waals surface area contributed by atoms with Gasteiger partial charge in [0, 0.05) is 36.1 Å². The van der Waals surface area contributed by atoms with Crippen LogP contribution in [-0.4, -0.2) is 42.8 Å². The van der Waals surface area contributed by atoms with Crippen LogP contribution in [0.3, 0.4) is 0 Å². The molecule has 1 aromatic carbocycles. The Balaban J connectivity index is 1.99. The Hall–Kier alpha value is -1.20. The second kappa shape index (κ2) is 6.11. The second-order valence-electron chi connectivity index (χ2n) is 4.28. The lowest BCUT2D eigenvalue weighted by atomic mass is 10.1. The van der Waals surface area contributed by atoms with Gasteiger partial charge in [-0.15, -0.1) is 0 Å². The van der Waals surface area contributed by atoms with Gasteiger partial charge in [-0.05, 0) is 6.07 Å². The molecule has 1 aromatic rings. The quantitative estimate of drug-likeness (QED) is 0.860. The van der Waals surface area contributed by atoms with Gasteiger partial charge in [0.2, 0.25) is 5.91 Å². The van der Waals surface area contributed by atoms with E-state index in [1.54, 1.807) is 0 Å². The lowest BCUT2D eigenvalue weighted by Gasteiger charge is -2.18. The van der Waals surface area contributed by atoms with Crippen LogP contribution in [0.1, 0.15) is 16.8 Å². The molecule has 1 saturated heterocycles. The standard InChI is InChI=1S/C13H15BrN2O2/c14-11-4-2-1-3-10(11)12(17)9-16-7-5-13(18)15-6-8-16/h1-4H,5-9H2,(H,15,18). The molecule has 1 aliphatic heterocycles. The molecule has 1 amide bonds. The zero-order valence-electron chi connectivity index (χ0n) is 9.99. The van der Waals surface area contributed by atoms with Crippen molar-refractivity contribution < 1.29 is 9.59 Å². The Morgan fingerprint density at radius 1 is 1.33 bits per heavy atom. The fraction of sp³-hybridized carbons (Fsp3) is 0.385. The molecule has 0 saturated carbocycles. The van der Waals surface area contributed by atoms with Crippen molar-refractivity contribution in [1.82, 2.24) is 10.2 Å². The zero-order valence-corrected chi connectivity index (χ0v) is 11.6. The normalized spacial score (nSPS) is 17.1. The first-order chi connectivity index (χ1) is 8.66. The topological polar surface area (TPSA) is 49.4 Å². The SMILES string of the molecule is O=C1CCN(CC(=O)c2ccccc2Br)CCN1. The summed E-state index contributed by atoms with van der Waals surface area (Å²) in [6.45, 7) is 2.34. The Morgan fingerprint density at radius 3 is 2.89 bits per heavy atom. The molecular weight excluding hydrogens is 296 g/mol. The molecule has 0 atom stereocenters. The van der Waals surface area contributed by atoms with Crippen LogP contribution >= 0.6 is 15.9 Å². The molecule has 2 rings (SSSR count). The van der Waals surface area contributed by atoms with Crippen molar-refractivity contribution in [3.63, 3.8) is 0 Å². The Labute approximate surface area is 114 Å². The summed E-state index contributed by atoms with van der Waals surface area (Å²) in [6.07, 6.45) is 0.462. The molecule has 0 aliphatic carbocycles. The van der Waals surface area contributed by atoms with E-state index in [4.69, 9.17) is 0 Å². The molecule has 1 fully saturated rings. The van der Waals surface area contributed by atoms with Crippen LogP contribution in [0.15, 0.2) is 28.7 Å². The van der Waals surface area contributed by atoms with Crippen LogP contribution in [0.5, 0.6) is 0 Å². The number of benzene rings is 1. The number of nitrogens with one attached hydrogen (secondary N) is 1. The van der Waals surface area contributed by atoms with Gasteiger partial charge in [-0.1, -0.05) is 34.1 Å². The number of carbonyl (C=O) groups is 2. The third-order valence-corrected chi connectivity index (χ3v) is 3.64. The number of hydrogen-bond donors (Lipinski definition) is 1. The van der Waals surface area contributed by atoms with Crippen molar-refractivity contribution in [2.75, 3.05) is 26.2 Å². The van der Waals surface area contributed by atoms with Crippen molar-refractivity contribution in [3.05, 3.63) is 34.3 Å². The van der Waals surface area contributed by atoms with E-state index >= 15 is 0 Å². The minimum atomic E-state index is 0.0610. The molecule has 0 aromatic heterocycles. The number of ketones is 1. The molecule has 1 aliphatic rings. The van der Waals surface area contributed by atoms with Gasteiger partial charge >= 0.3 is 0 Å². The van der Waals surface area contributed by atoms with Gasteiger partial charge in [-0.2, -0.15) is 0 Å². The van der Waals surface area contributed by atoms with Gasteiger partial charge in [0.25, 0.3) is 0 Å². The maximum absolute atomic E-state index is 12.2. The van der Waals surface area contributed by atoms with E-state index in [0.717, 1.165) is 11.0 Å². The number of carbonyl (C=O) groups excluding carboxylic acids is 2. The number of hydrogen-bond acceptors (Lipinski definition) is 3. The highest BCUT2D eigenvalue weighted by Crippen LogP contribution is 2.16. The van der Waals surface area contributed by atoms with Crippen LogP contribution in [0, 0.1) is 0 Å². The van der Waals surface area contributed by atoms with Crippen molar-refractivity contribution in [2.24, 2.45) is 0 Å². The van der Waals surface area contributed by atoms with E-state index < -0.39 is 0 Å². The molecule has 0 bridgehead atoms.